The van der Waals surface area contributed by atoms with E-state index in [4.69, 9.17) is 0 Å². The number of aryl methyl sites for hydroxylation is 1. The minimum atomic E-state index is -0.529. The molecule has 3 amide bonds. The van der Waals surface area contributed by atoms with Crippen molar-refractivity contribution in [1.29, 1.82) is 0 Å². The molecule has 0 saturated carbocycles. The number of hydrogen-bond acceptors (Lipinski definition) is 4. The molecule has 0 aromatic heterocycles. The van der Waals surface area contributed by atoms with Gasteiger partial charge < -0.3 is 10.4 Å². The Morgan fingerprint density at radius 1 is 1.36 bits per heavy atom. The molecule has 1 aliphatic rings. The number of amides is 3. The minimum absolute atomic E-state index is 0.0211. The van der Waals surface area contributed by atoms with Crippen LogP contribution >= 0.6 is 0 Å². The summed E-state index contributed by atoms with van der Waals surface area (Å²) in [5.41, 5.74) is 2.75. The van der Waals surface area contributed by atoms with E-state index in [0.717, 1.165) is 30.5 Å². The molecule has 1 atom stereocenters. The van der Waals surface area contributed by atoms with Crippen molar-refractivity contribution in [2.75, 3.05) is 25.0 Å². The summed E-state index contributed by atoms with van der Waals surface area (Å²) in [4.78, 5) is 25.7. The van der Waals surface area contributed by atoms with Crippen LogP contribution < -0.4 is 10.6 Å². The fourth-order valence-corrected chi connectivity index (χ4v) is 2.70. The molecule has 6 heteroatoms. The largest absolute Gasteiger partial charge is 0.395 e. The van der Waals surface area contributed by atoms with E-state index >= 15 is 0 Å². The molecular weight excluding hydrogens is 282 g/mol. The Balaban J connectivity index is 1.86. The van der Waals surface area contributed by atoms with E-state index in [-0.39, 0.29) is 25.1 Å². The molecule has 6 nitrogen and oxygen atoms in total. The van der Waals surface area contributed by atoms with Crippen LogP contribution in [-0.2, 0) is 4.79 Å². The highest BCUT2D eigenvalue weighted by Gasteiger charge is 2.25. The van der Waals surface area contributed by atoms with Crippen molar-refractivity contribution in [3.8, 4) is 0 Å². The number of hydrogen-bond donors (Lipinski definition) is 3. The number of imide groups is 1. The van der Waals surface area contributed by atoms with Crippen LogP contribution in [0, 0.1) is 13.8 Å². The van der Waals surface area contributed by atoms with Gasteiger partial charge in [0.2, 0.25) is 5.91 Å². The van der Waals surface area contributed by atoms with Crippen LogP contribution in [-0.4, -0.2) is 47.7 Å². The molecule has 0 radical (unpaired) electrons. The predicted octanol–water partition coefficient (Wildman–Crippen LogP) is 1.41. The van der Waals surface area contributed by atoms with Gasteiger partial charge in [-0.3, -0.25) is 15.0 Å². The Kier molecular flexibility index (Phi) is 5.51. The number of aliphatic hydroxyl groups excluding tert-OH is 1. The van der Waals surface area contributed by atoms with Crippen molar-refractivity contribution in [1.82, 2.24) is 10.2 Å². The van der Waals surface area contributed by atoms with Crippen molar-refractivity contribution >= 4 is 17.6 Å². The molecule has 1 aromatic rings. The number of aliphatic hydroxyl groups is 1. The molecule has 1 aliphatic heterocycles. The zero-order valence-electron chi connectivity index (χ0n) is 13.1. The second-order valence-corrected chi connectivity index (χ2v) is 5.70. The fourth-order valence-electron chi connectivity index (χ4n) is 2.70. The number of urea groups is 1. The summed E-state index contributed by atoms with van der Waals surface area (Å²) in [5.74, 6) is -0.358. The van der Waals surface area contributed by atoms with Gasteiger partial charge in [0, 0.05) is 11.7 Å². The lowest BCUT2D eigenvalue weighted by atomic mass is 10.1. The smallest absolute Gasteiger partial charge is 0.325 e. The van der Waals surface area contributed by atoms with E-state index in [2.05, 4.69) is 10.6 Å². The monoisotopic (exact) mass is 305 g/mol. The maximum atomic E-state index is 11.9. The predicted molar refractivity (Wildman–Crippen MR) is 84.8 cm³/mol. The van der Waals surface area contributed by atoms with Crippen LogP contribution in [0.15, 0.2) is 18.2 Å². The van der Waals surface area contributed by atoms with Gasteiger partial charge in [-0.25, -0.2) is 4.79 Å². The molecule has 2 rings (SSSR count). The van der Waals surface area contributed by atoms with Gasteiger partial charge in [0.25, 0.3) is 0 Å². The second-order valence-electron chi connectivity index (χ2n) is 5.70. The number of nitrogens with one attached hydrogen (secondary N) is 2. The summed E-state index contributed by atoms with van der Waals surface area (Å²) >= 11 is 0. The van der Waals surface area contributed by atoms with Crippen LogP contribution in [0.25, 0.3) is 0 Å². The Morgan fingerprint density at radius 3 is 2.86 bits per heavy atom. The third-order valence-corrected chi connectivity index (χ3v) is 4.16. The first-order chi connectivity index (χ1) is 10.5. The summed E-state index contributed by atoms with van der Waals surface area (Å²) in [7, 11) is 0. The molecule has 0 bridgehead atoms. The van der Waals surface area contributed by atoms with Crippen molar-refractivity contribution in [3.63, 3.8) is 0 Å². The van der Waals surface area contributed by atoms with Gasteiger partial charge in [0.05, 0.1) is 13.2 Å². The Morgan fingerprint density at radius 2 is 2.14 bits per heavy atom. The van der Waals surface area contributed by atoms with Crippen LogP contribution in [0.2, 0.25) is 0 Å². The average Bonchev–Trinajstić information content (AvgIpc) is 2.90. The van der Waals surface area contributed by atoms with Gasteiger partial charge in [-0.2, -0.15) is 0 Å². The molecule has 0 aliphatic carbocycles. The molecular formula is C16H23N3O3. The maximum absolute atomic E-state index is 11.9. The Hall–Kier alpha value is -1.92. The van der Waals surface area contributed by atoms with Crippen molar-refractivity contribution in [2.45, 2.75) is 32.7 Å². The number of likely N-dealkylation sites (tertiary alicyclic amines) is 1. The summed E-state index contributed by atoms with van der Waals surface area (Å²) in [6, 6.07) is 5.11. The maximum Gasteiger partial charge on any atom is 0.325 e. The van der Waals surface area contributed by atoms with Gasteiger partial charge in [0.15, 0.2) is 0 Å². The number of carbonyl (C=O) groups is 2. The van der Waals surface area contributed by atoms with Crippen LogP contribution in [0.3, 0.4) is 0 Å². The lowest BCUT2D eigenvalue weighted by molar-refractivity contribution is -0.121. The Bertz CT molecular complexity index is 560. The zero-order valence-corrected chi connectivity index (χ0v) is 13.1. The van der Waals surface area contributed by atoms with E-state index in [1.165, 1.54) is 0 Å². The first-order valence-corrected chi connectivity index (χ1v) is 7.53. The van der Waals surface area contributed by atoms with Gasteiger partial charge in [0.1, 0.15) is 0 Å². The van der Waals surface area contributed by atoms with Gasteiger partial charge >= 0.3 is 6.03 Å². The van der Waals surface area contributed by atoms with E-state index in [1.807, 2.05) is 30.9 Å². The molecule has 1 saturated heterocycles. The van der Waals surface area contributed by atoms with E-state index in [0.29, 0.717) is 5.69 Å². The Labute approximate surface area is 130 Å². The summed E-state index contributed by atoms with van der Waals surface area (Å²) in [5, 5.41) is 14.3. The summed E-state index contributed by atoms with van der Waals surface area (Å²) in [6.07, 6.45) is 1.85. The molecule has 1 aromatic carbocycles. The van der Waals surface area contributed by atoms with Crippen molar-refractivity contribution in [3.05, 3.63) is 29.3 Å². The zero-order chi connectivity index (χ0) is 16.1. The van der Waals surface area contributed by atoms with Crippen molar-refractivity contribution in [2.24, 2.45) is 0 Å². The van der Waals surface area contributed by atoms with Crippen LogP contribution in [0.5, 0.6) is 0 Å². The summed E-state index contributed by atoms with van der Waals surface area (Å²) in [6.45, 7) is 4.83. The fraction of sp³-hybridized carbons (Fsp3) is 0.500. The van der Waals surface area contributed by atoms with E-state index in [1.54, 1.807) is 6.07 Å². The second kappa shape index (κ2) is 7.38. The number of benzene rings is 1. The lowest BCUT2D eigenvalue weighted by Gasteiger charge is -2.21. The number of nitrogens with zero attached hydrogens (tertiary/aromatic N) is 1. The van der Waals surface area contributed by atoms with E-state index < -0.39 is 6.03 Å². The lowest BCUT2D eigenvalue weighted by Crippen LogP contribution is -2.44. The topological polar surface area (TPSA) is 81.7 Å². The highest BCUT2D eigenvalue weighted by molar-refractivity contribution is 6.02. The van der Waals surface area contributed by atoms with Crippen LogP contribution in [0.4, 0.5) is 10.5 Å². The third-order valence-electron chi connectivity index (χ3n) is 4.16. The molecule has 3 N–H and O–H groups in total. The van der Waals surface area contributed by atoms with Crippen molar-refractivity contribution < 1.29 is 14.7 Å². The molecule has 120 valence electrons. The average molecular weight is 305 g/mol. The SMILES string of the molecule is Cc1cccc(NC(=O)NC(=O)CN2CCC[C@H]2CO)c1C. The normalized spacial score (nSPS) is 18.2. The van der Waals surface area contributed by atoms with E-state index in [9.17, 15) is 14.7 Å². The highest BCUT2D eigenvalue weighted by Crippen LogP contribution is 2.18. The van der Waals surface area contributed by atoms with Gasteiger partial charge in [-0.05, 0) is 50.4 Å². The molecule has 1 fully saturated rings. The molecule has 1 heterocycles. The number of rotatable bonds is 4. The van der Waals surface area contributed by atoms with Gasteiger partial charge in [-0.1, -0.05) is 12.1 Å². The van der Waals surface area contributed by atoms with Gasteiger partial charge in [-0.15, -0.1) is 0 Å². The number of anilines is 1. The number of carbonyl (C=O) groups excluding carboxylic acids is 2. The molecule has 0 spiro atoms. The quantitative estimate of drug-likeness (QED) is 0.785. The van der Waals surface area contributed by atoms with Crippen LogP contribution in [0.1, 0.15) is 24.0 Å². The minimum Gasteiger partial charge on any atom is -0.395 e. The highest BCUT2D eigenvalue weighted by atomic mass is 16.3. The standard InChI is InChI=1S/C16H23N3O3/c1-11-5-3-7-14(12(11)2)17-16(22)18-15(21)9-19-8-4-6-13(19)10-20/h3,5,7,13,20H,4,6,8-10H2,1-2H3,(H2,17,18,21,22)/t13-/m0/s1. The first-order valence-electron chi connectivity index (χ1n) is 7.53. The third kappa shape index (κ3) is 4.05. The first kappa shape index (κ1) is 16.5. The molecule has 0 unspecified atom stereocenters. The summed E-state index contributed by atoms with van der Waals surface area (Å²) < 4.78 is 0. The molecule has 22 heavy (non-hydrogen) atoms.